The third-order valence-corrected chi connectivity index (χ3v) is 4.55. The second-order valence-corrected chi connectivity index (χ2v) is 7.52. The number of unbranched alkanes of at least 4 members (excludes halogenated alkanes) is 1. The molecular weight excluding hydrogens is 360 g/mol. The number of aryl methyl sites for hydroxylation is 1. The molecule has 0 aromatic heterocycles. The zero-order valence-electron chi connectivity index (χ0n) is 17.6. The molecule has 2 rings (SSSR count). The van der Waals surface area contributed by atoms with Crippen molar-refractivity contribution in [3.05, 3.63) is 65.2 Å². The number of carbonyl (C=O) groups is 1. The van der Waals surface area contributed by atoms with Gasteiger partial charge in [0.05, 0.1) is 6.61 Å². The Labute approximate surface area is 174 Å². The third-order valence-electron chi connectivity index (χ3n) is 4.55. The van der Waals surface area contributed by atoms with Crippen LogP contribution in [-0.2, 0) is 11.2 Å². The van der Waals surface area contributed by atoms with E-state index in [9.17, 15) is 10.1 Å². The summed E-state index contributed by atoms with van der Waals surface area (Å²) in [7, 11) is 0. The normalized spacial score (nSPS) is 11.2. The van der Waals surface area contributed by atoms with Gasteiger partial charge in [-0.25, -0.2) is 0 Å². The minimum atomic E-state index is -0.411. The molecule has 0 fully saturated rings. The Balaban J connectivity index is 1.97. The molecule has 0 bridgehead atoms. The minimum Gasteiger partial charge on any atom is -0.494 e. The lowest BCUT2D eigenvalue weighted by Crippen LogP contribution is -2.13. The van der Waals surface area contributed by atoms with Gasteiger partial charge in [-0.1, -0.05) is 51.5 Å². The number of benzene rings is 2. The van der Waals surface area contributed by atoms with E-state index < -0.39 is 5.91 Å². The third kappa shape index (κ3) is 7.83. The van der Waals surface area contributed by atoms with Crippen molar-refractivity contribution in [2.24, 2.45) is 5.92 Å². The van der Waals surface area contributed by atoms with Gasteiger partial charge in [0.15, 0.2) is 0 Å². The first kappa shape index (κ1) is 22.2. The summed E-state index contributed by atoms with van der Waals surface area (Å²) in [5, 5.41) is 12.2. The fraction of sp³-hybridized carbons (Fsp3) is 0.360. The molecule has 2 aromatic rings. The highest BCUT2D eigenvalue weighted by Gasteiger charge is 2.10. The number of amides is 1. The van der Waals surface area contributed by atoms with Gasteiger partial charge in [-0.3, -0.25) is 4.79 Å². The Morgan fingerprint density at radius 3 is 2.41 bits per heavy atom. The Hall–Kier alpha value is -3.06. The zero-order valence-corrected chi connectivity index (χ0v) is 17.6. The van der Waals surface area contributed by atoms with Gasteiger partial charge >= 0.3 is 0 Å². The number of rotatable bonds is 10. The van der Waals surface area contributed by atoms with Crippen LogP contribution in [0.5, 0.6) is 5.75 Å². The van der Waals surface area contributed by atoms with Gasteiger partial charge in [-0.15, -0.1) is 0 Å². The summed E-state index contributed by atoms with van der Waals surface area (Å²) < 4.78 is 5.70. The van der Waals surface area contributed by atoms with Crippen molar-refractivity contribution in [1.82, 2.24) is 0 Å². The average molecular weight is 391 g/mol. The number of nitrogens with zero attached hydrogens (tertiary/aromatic N) is 1. The molecule has 4 heteroatoms. The Bertz CT molecular complexity index is 844. The summed E-state index contributed by atoms with van der Waals surface area (Å²) in [6, 6.07) is 17.2. The molecule has 29 heavy (non-hydrogen) atoms. The van der Waals surface area contributed by atoms with E-state index in [1.807, 2.05) is 54.6 Å². The molecule has 1 amide bonds. The first-order valence-corrected chi connectivity index (χ1v) is 10.3. The van der Waals surface area contributed by atoms with Crippen molar-refractivity contribution >= 4 is 17.7 Å². The summed E-state index contributed by atoms with van der Waals surface area (Å²) in [4.78, 5) is 12.5. The maximum Gasteiger partial charge on any atom is 0.266 e. The van der Waals surface area contributed by atoms with Gasteiger partial charge in [0, 0.05) is 5.69 Å². The van der Waals surface area contributed by atoms with E-state index in [1.165, 1.54) is 5.56 Å². The lowest BCUT2D eigenvalue weighted by atomic mass is 10.1. The average Bonchev–Trinajstić information content (AvgIpc) is 2.72. The van der Waals surface area contributed by atoms with Crippen LogP contribution >= 0.6 is 0 Å². The highest BCUT2D eigenvalue weighted by molar-refractivity contribution is 6.09. The Morgan fingerprint density at radius 1 is 1.14 bits per heavy atom. The van der Waals surface area contributed by atoms with Crippen LogP contribution in [0.15, 0.2) is 54.1 Å². The van der Waals surface area contributed by atoms with Gasteiger partial charge in [0.1, 0.15) is 17.4 Å². The van der Waals surface area contributed by atoms with Crippen molar-refractivity contribution < 1.29 is 9.53 Å². The highest BCUT2D eigenvalue weighted by Crippen LogP contribution is 2.17. The quantitative estimate of drug-likeness (QED) is 0.400. The second kappa shape index (κ2) is 11.7. The van der Waals surface area contributed by atoms with E-state index in [0.717, 1.165) is 37.0 Å². The fourth-order valence-corrected chi connectivity index (χ4v) is 2.72. The zero-order chi connectivity index (χ0) is 21.1. The Kier molecular flexibility index (Phi) is 8.98. The molecule has 0 spiro atoms. The van der Waals surface area contributed by atoms with E-state index in [2.05, 4.69) is 26.1 Å². The SMILES string of the molecule is CCCCc1ccc(NC(=O)C(C#N)=Cc2ccc(OCCC(C)C)cc2)cc1. The first-order chi connectivity index (χ1) is 14.0. The van der Waals surface area contributed by atoms with Crippen LogP contribution in [0, 0.1) is 17.2 Å². The highest BCUT2D eigenvalue weighted by atomic mass is 16.5. The molecule has 0 aliphatic heterocycles. The second-order valence-electron chi connectivity index (χ2n) is 7.52. The van der Waals surface area contributed by atoms with Gasteiger partial charge in [0.2, 0.25) is 0 Å². The Morgan fingerprint density at radius 2 is 1.83 bits per heavy atom. The number of hydrogen-bond donors (Lipinski definition) is 1. The van der Waals surface area contributed by atoms with Crippen molar-refractivity contribution in [2.45, 2.75) is 46.5 Å². The lowest BCUT2D eigenvalue weighted by molar-refractivity contribution is -0.112. The van der Waals surface area contributed by atoms with Crippen LogP contribution in [-0.4, -0.2) is 12.5 Å². The van der Waals surface area contributed by atoms with Crippen LogP contribution in [0.25, 0.3) is 6.08 Å². The maximum absolute atomic E-state index is 12.5. The molecule has 0 unspecified atom stereocenters. The smallest absolute Gasteiger partial charge is 0.266 e. The monoisotopic (exact) mass is 390 g/mol. The molecular formula is C25H30N2O2. The van der Waals surface area contributed by atoms with E-state index in [4.69, 9.17) is 4.74 Å². The van der Waals surface area contributed by atoms with Crippen LogP contribution in [0.4, 0.5) is 5.69 Å². The molecule has 152 valence electrons. The predicted octanol–water partition coefficient (Wildman–Crippen LogP) is 6.00. The molecule has 4 nitrogen and oxygen atoms in total. The predicted molar refractivity (Wildman–Crippen MR) is 119 cm³/mol. The standard InChI is InChI=1S/C25H30N2O2/c1-4-5-6-20-7-11-23(12-8-20)27-25(28)22(18-26)17-21-9-13-24(14-10-21)29-16-15-19(2)3/h7-14,17,19H,4-6,15-16H2,1-3H3,(H,27,28). The topological polar surface area (TPSA) is 62.1 Å². The lowest BCUT2D eigenvalue weighted by Gasteiger charge is -2.08. The molecule has 1 N–H and O–H groups in total. The van der Waals surface area contributed by atoms with Gasteiger partial charge in [-0.05, 0) is 66.6 Å². The van der Waals surface area contributed by atoms with Crippen LogP contribution < -0.4 is 10.1 Å². The molecule has 0 aliphatic rings. The number of nitriles is 1. The molecule has 0 radical (unpaired) electrons. The van der Waals surface area contributed by atoms with Crippen molar-refractivity contribution in [3.8, 4) is 11.8 Å². The first-order valence-electron chi connectivity index (χ1n) is 10.3. The van der Waals surface area contributed by atoms with E-state index >= 15 is 0 Å². The maximum atomic E-state index is 12.5. The molecule has 2 aromatic carbocycles. The van der Waals surface area contributed by atoms with Crippen molar-refractivity contribution in [3.63, 3.8) is 0 Å². The summed E-state index contributed by atoms with van der Waals surface area (Å²) in [5.41, 5.74) is 2.78. The molecule has 0 saturated carbocycles. The fourth-order valence-electron chi connectivity index (χ4n) is 2.72. The van der Waals surface area contributed by atoms with Crippen molar-refractivity contribution in [2.75, 3.05) is 11.9 Å². The van der Waals surface area contributed by atoms with Crippen molar-refractivity contribution in [1.29, 1.82) is 5.26 Å². The van der Waals surface area contributed by atoms with E-state index in [-0.39, 0.29) is 5.57 Å². The van der Waals surface area contributed by atoms with Crippen LogP contribution in [0.1, 0.15) is 51.2 Å². The van der Waals surface area contributed by atoms with Gasteiger partial charge in [-0.2, -0.15) is 5.26 Å². The molecule has 0 saturated heterocycles. The molecule has 0 heterocycles. The number of nitrogens with one attached hydrogen (secondary N) is 1. The summed E-state index contributed by atoms with van der Waals surface area (Å²) in [6.45, 7) is 7.16. The molecule has 0 aliphatic carbocycles. The minimum absolute atomic E-state index is 0.0635. The molecule has 0 atom stereocenters. The number of carbonyl (C=O) groups excluding carboxylic acids is 1. The number of hydrogen-bond acceptors (Lipinski definition) is 3. The van der Waals surface area contributed by atoms with Crippen LogP contribution in [0.2, 0.25) is 0 Å². The summed E-state index contributed by atoms with van der Waals surface area (Å²) in [5.74, 6) is 0.974. The van der Waals surface area contributed by atoms with Gasteiger partial charge in [0.25, 0.3) is 5.91 Å². The van der Waals surface area contributed by atoms with E-state index in [1.54, 1.807) is 6.08 Å². The summed E-state index contributed by atoms with van der Waals surface area (Å²) in [6.07, 6.45) is 5.92. The largest absolute Gasteiger partial charge is 0.494 e. The van der Waals surface area contributed by atoms with E-state index in [0.29, 0.717) is 18.2 Å². The van der Waals surface area contributed by atoms with Crippen LogP contribution in [0.3, 0.4) is 0 Å². The van der Waals surface area contributed by atoms with Gasteiger partial charge < -0.3 is 10.1 Å². The summed E-state index contributed by atoms with van der Waals surface area (Å²) >= 11 is 0. The number of anilines is 1. The number of ether oxygens (including phenoxy) is 1.